The van der Waals surface area contributed by atoms with Gasteiger partial charge in [-0.3, -0.25) is 0 Å². The quantitative estimate of drug-likeness (QED) is 0.869. The fourth-order valence-corrected chi connectivity index (χ4v) is 2.34. The molecule has 0 radical (unpaired) electrons. The van der Waals surface area contributed by atoms with Crippen molar-refractivity contribution < 1.29 is 9.47 Å². The summed E-state index contributed by atoms with van der Waals surface area (Å²) in [5.74, 6) is 0.642. The van der Waals surface area contributed by atoms with Gasteiger partial charge >= 0.3 is 0 Å². The lowest BCUT2D eigenvalue weighted by Gasteiger charge is -2.21. The summed E-state index contributed by atoms with van der Waals surface area (Å²) in [5.41, 5.74) is 7.69. The SMILES string of the molecule is Nc1cccc(COCC2CCOCC2)c1Br. The van der Waals surface area contributed by atoms with Gasteiger partial charge in [0.15, 0.2) is 0 Å². The van der Waals surface area contributed by atoms with E-state index in [1.54, 1.807) is 0 Å². The first kappa shape index (κ1) is 12.9. The van der Waals surface area contributed by atoms with Crippen LogP contribution in [0.4, 0.5) is 5.69 Å². The van der Waals surface area contributed by atoms with E-state index in [1.165, 1.54) is 0 Å². The average molecular weight is 300 g/mol. The molecule has 1 aliphatic heterocycles. The Kier molecular flexibility index (Phi) is 4.83. The molecule has 17 heavy (non-hydrogen) atoms. The lowest BCUT2D eigenvalue weighted by molar-refractivity contribution is 0.0156. The Morgan fingerprint density at radius 2 is 2.12 bits per heavy atom. The van der Waals surface area contributed by atoms with E-state index in [9.17, 15) is 0 Å². The van der Waals surface area contributed by atoms with Crippen LogP contribution in [0, 0.1) is 5.92 Å². The molecule has 0 atom stereocenters. The molecule has 0 unspecified atom stereocenters. The smallest absolute Gasteiger partial charge is 0.0728 e. The molecule has 0 aliphatic carbocycles. The summed E-state index contributed by atoms with van der Waals surface area (Å²) in [4.78, 5) is 0. The zero-order chi connectivity index (χ0) is 12.1. The Balaban J connectivity index is 1.79. The standard InChI is InChI=1S/C13H18BrNO2/c14-13-11(2-1-3-12(13)15)9-17-8-10-4-6-16-7-5-10/h1-3,10H,4-9,15H2. The van der Waals surface area contributed by atoms with E-state index in [-0.39, 0.29) is 0 Å². The summed E-state index contributed by atoms with van der Waals surface area (Å²) in [7, 11) is 0. The van der Waals surface area contributed by atoms with Gasteiger partial charge in [-0.05, 0) is 46.3 Å². The van der Waals surface area contributed by atoms with E-state index in [0.717, 1.165) is 48.4 Å². The van der Waals surface area contributed by atoms with Gasteiger partial charge in [-0.2, -0.15) is 0 Å². The molecule has 1 fully saturated rings. The monoisotopic (exact) mass is 299 g/mol. The van der Waals surface area contributed by atoms with Crippen LogP contribution < -0.4 is 5.73 Å². The number of nitrogen functional groups attached to an aromatic ring is 1. The van der Waals surface area contributed by atoms with Crippen LogP contribution in [0.3, 0.4) is 0 Å². The summed E-state index contributed by atoms with van der Waals surface area (Å²) < 4.78 is 12.0. The molecule has 1 heterocycles. The third kappa shape index (κ3) is 3.69. The normalized spacial score (nSPS) is 17.2. The fourth-order valence-electron chi connectivity index (χ4n) is 1.96. The topological polar surface area (TPSA) is 44.5 Å². The highest BCUT2D eigenvalue weighted by Gasteiger charge is 2.14. The molecule has 1 aromatic rings. The highest BCUT2D eigenvalue weighted by molar-refractivity contribution is 9.10. The Morgan fingerprint density at radius 1 is 1.35 bits per heavy atom. The van der Waals surface area contributed by atoms with Crippen LogP contribution in [0.25, 0.3) is 0 Å². The molecule has 1 saturated heterocycles. The van der Waals surface area contributed by atoms with Crippen molar-refractivity contribution in [1.29, 1.82) is 0 Å². The van der Waals surface area contributed by atoms with E-state index in [4.69, 9.17) is 15.2 Å². The van der Waals surface area contributed by atoms with Gasteiger partial charge in [0.05, 0.1) is 13.2 Å². The van der Waals surface area contributed by atoms with Gasteiger partial charge in [0, 0.05) is 23.4 Å². The summed E-state index contributed by atoms with van der Waals surface area (Å²) >= 11 is 3.48. The summed E-state index contributed by atoms with van der Waals surface area (Å²) in [5, 5.41) is 0. The molecular formula is C13H18BrNO2. The van der Waals surface area contributed by atoms with Crippen molar-refractivity contribution in [2.45, 2.75) is 19.4 Å². The first-order chi connectivity index (χ1) is 8.27. The Hall–Kier alpha value is -0.580. The van der Waals surface area contributed by atoms with Gasteiger partial charge in [0.25, 0.3) is 0 Å². The highest BCUT2D eigenvalue weighted by Crippen LogP contribution is 2.24. The third-order valence-electron chi connectivity index (χ3n) is 3.06. The van der Waals surface area contributed by atoms with Crippen LogP contribution in [0.15, 0.2) is 22.7 Å². The fraction of sp³-hybridized carbons (Fsp3) is 0.538. The zero-order valence-corrected chi connectivity index (χ0v) is 11.4. The van der Waals surface area contributed by atoms with Gasteiger partial charge in [-0.1, -0.05) is 12.1 Å². The van der Waals surface area contributed by atoms with Crippen LogP contribution in [-0.2, 0) is 16.1 Å². The van der Waals surface area contributed by atoms with Gasteiger partial charge in [-0.15, -0.1) is 0 Å². The molecule has 2 rings (SSSR count). The van der Waals surface area contributed by atoms with Gasteiger partial charge in [-0.25, -0.2) is 0 Å². The van der Waals surface area contributed by atoms with Crippen molar-refractivity contribution in [3.8, 4) is 0 Å². The second kappa shape index (κ2) is 6.38. The minimum absolute atomic E-state index is 0.614. The van der Waals surface area contributed by atoms with Crippen molar-refractivity contribution in [3.63, 3.8) is 0 Å². The molecule has 0 amide bonds. The maximum atomic E-state index is 5.82. The molecule has 0 bridgehead atoms. The number of ether oxygens (including phenoxy) is 2. The molecular weight excluding hydrogens is 282 g/mol. The van der Waals surface area contributed by atoms with E-state index in [1.807, 2.05) is 18.2 Å². The Morgan fingerprint density at radius 3 is 2.88 bits per heavy atom. The number of nitrogens with two attached hydrogens (primary N) is 1. The number of rotatable bonds is 4. The molecule has 2 N–H and O–H groups in total. The Bertz CT molecular complexity index is 364. The van der Waals surface area contributed by atoms with Crippen LogP contribution in [-0.4, -0.2) is 19.8 Å². The predicted molar refractivity (Wildman–Crippen MR) is 71.8 cm³/mol. The second-order valence-electron chi connectivity index (χ2n) is 4.39. The van der Waals surface area contributed by atoms with Crippen molar-refractivity contribution in [1.82, 2.24) is 0 Å². The molecule has 0 spiro atoms. The Labute approximate surface area is 110 Å². The minimum atomic E-state index is 0.614. The average Bonchev–Trinajstić information content (AvgIpc) is 2.36. The van der Waals surface area contributed by atoms with Gasteiger partial charge in [0.2, 0.25) is 0 Å². The van der Waals surface area contributed by atoms with Crippen molar-refractivity contribution in [2.24, 2.45) is 5.92 Å². The van der Waals surface area contributed by atoms with Gasteiger partial charge < -0.3 is 15.2 Å². The first-order valence-electron chi connectivity index (χ1n) is 5.95. The van der Waals surface area contributed by atoms with E-state index >= 15 is 0 Å². The van der Waals surface area contributed by atoms with E-state index in [0.29, 0.717) is 12.5 Å². The van der Waals surface area contributed by atoms with Crippen molar-refractivity contribution in [3.05, 3.63) is 28.2 Å². The first-order valence-corrected chi connectivity index (χ1v) is 6.75. The maximum Gasteiger partial charge on any atom is 0.0728 e. The highest BCUT2D eigenvalue weighted by atomic mass is 79.9. The van der Waals surface area contributed by atoms with Crippen LogP contribution in [0.1, 0.15) is 18.4 Å². The molecule has 1 aromatic carbocycles. The van der Waals surface area contributed by atoms with Crippen LogP contribution >= 0.6 is 15.9 Å². The zero-order valence-electron chi connectivity index (χ0n) is 9.82. The molecule has 1 aliphatic rings. The van der Waals surface area contributed by atoms with Crippen LogP contribution in [0.5, 0.6) is 0 Å². The molecule has 3 nitrogen and oxygen atoms in total. The maximum absolute atomic E-state index is 5.82. The summed E-state index contributed by atoms with van der Waals surface area (Å²) in [6, 6.07) is 5.86. The summed E-state index contributed by atoms with van der Waals surface area (Å²) in [6.45, 7) is 3.17. The second-order valence-corrected chi connectivity index (χ2v) is 5.18. The molecule has 94 valence electrons. The third-order valence-corrected chi connectivity index (χ3v) is 4.03. The van der Waals surface area contributed by atoms with Crippen molar-refractivity contribution in [2.75, 3.05) is 25.6 Å². The summed E-state index contributed by atoms with van der Waals surface area (Å²) in [6.07, 6.45) is 2.22. The minimum Gasteiger partial charge on any atom is -0.398 e. The lowest BCUT2D eigenvalue weighted by Crippen LogP contribution is -2.20. The predicted octanol–water partition coefficient (Wildman–Crippen LogP) is 2.97. The largest absolute Gasteiger partial charge is 0.398 e. The number of hydrogen-bond acceptors (Lipinski definition) is 3. The van der Waals surface area contributed by atoms with E-state index in [2.05, 4.69) is 15.9 Å². The number of benzene rings is 1. The lowest BCUT2D eigenvalue weighted by atomic mass is 10.0. The van der Waals surface area contributed by atoms with Crippen LogP contribution in [0.2, 0.25) is 0 Å². The molecule has 0 aromatic heterocycles. The van der Waals surface area contributed by atoms with Crippen molar-refractivity contribution >= 4 is 21.6 Å². The molecule has 4 heteroatoms. The van der Waals surface area contributed by atoms with E-state index < -0.39 is 0 Å². The van der Waals surface area contributed by atoms with Gasteiger partial charge in [0.1, 0.15) is 0 Å². The number of halogens is 1. The molecule has 0 saturated carbocycles. The number of hydrogen-bond donors (Lipinski definition) is 1. The number of anilines is 1.